The zero-order valence-electron chi connectivity index (χ0n) is 12.8. The first-order valence-corrected chi connectivity index (χ1v) is 6.91. The summed E-state index contributed by atoms with van der Waals surface area (Å²) in [6, 6.07) is 3.76. The van der Waals surface area contributed by atoms with Crippen LogP contribution in [0.2, 0.25) is 0 Å². The third-order valence-corrected chi connectivity index (χ3v) is 3.00. The minimum Gasteiger partial charge on any atom is -0.458 e. The van der Waals surface area contributed by atoms with Crippen LogP contribution in [0.25, 0.3) is 11.4 Å². The largest absolute Gasteiger partial charge is 0.458 e. The normalized spacial score (nSPS) is 12.9. The van der Waals surface area contributed by atoms with E-state index in [0.717, 1.165) is 6.07 Å². The van der Waals surface area contributed by atoms with Gasteiger partial charge in [0.1, 0.15) is 11.5 Å². The highest BCUT2D eigenvalue weighted by Gasteiger charge is 2.33. The summed E-state index contributed by atoms with van der Waals surface area (Å²) in [6.45, 7) is 3.68. The van der Waals surface area contributed by atoms with Crippen molar-refractivity contribution < 1.29 is 27.6 Å². The molecular formula is C14H14F3N3O4. The Balaban J connectivity index is 2.35. The van der Waals surface area contributed by atoms with Crippen LogP contribution in [0.1, 0.15) is 19.5 Å². The van der Waals surface area contributed by atoms with Gasteiger partial charge in [0.05, 0.1) is 11.1 Å². The highest BCUT2D eigenvalue weighted by atomic mass is 19.4. The lowest BCUT2D eigenvalue weighted by Gasteiger charge is -2.14. The quantitative estimate of drug-likeness (QED) is 0.489. The van der Waals surface area contributed by atoms with Gasteiger partial charge in [-0.2, -0.15) is 13.2 Å². The van der Waals surface area contributed by atoms with Gasteiger partial charge in [0.2, 0.25) is 0 Å². The second-order valence-corrected chi connectivity index (χ2v) is 4.72. The monoisotopic (exact) mass is 345 g/mol. The van der Waals surface area contributed by atoms with Crippen LogP contribution >= 0.6 is 0 Å². The molecule has 130 valence electrons. The van der Waals surface area contributed by atoms with E-state index in [9.17, 15) is 23.3 Å². The standard InChI is InChI=1S/C14H14F3N3O4/c1-3-23-8(2)24-11-5-4-9(6-10(11)20(21)22)13-18-7-12(19-13)14(15,16)17/h4-8H,3H2,1-2H3,(H,18,19). The van der Waals surface area contributed by atoms with Gasteiger partial charge in [0, 0.05) is 18.2 Å². The highest BCUT2D eigenvalue weighted by molar-refractivity contribution is 5.63. The number of hydrogen-bond acceptors (Lipinski definition) is 5. The first-order valence-electron chi connectivity index (χ1n) is 6.91. The molecule has 2 rings (SSSR count). The van der Waals surface area contributed by atoms with Crippen molar-refractivity contribution in [2.75, 3.05) is 6.61 Å². The molecule has 1 aromatic carbocycles. The number of H-pyrrole nitrogens is 1. The van der Waals surface area contributed by atoms with Crippen molar-refractivity contribution in [3.8, 4) is 17.1 Å². The fourth-order valence-corrected chi connectivity index (χ4v) is 1.97. The van der Waals surface area contributed by atoms with Gasteiger partial charge in [-0.1, -0.05) is 0 Å². The number of nitrogens with zero attached hydrogens (tertiary/aromatic N) is 2. The molecule has 0 aliphatic carbocycles. The molecule has 1 N–H and O–H groups in total. The van der Waals surface area contributed by atoms with Crippen LogP contribution in [0, 0.1) is 10.1 Å². The van der Waals surface area contributed by atoms with Gasteiger partial charge in [-0.25, -0.2) is 4.98 Å². The highest BCUT2D eigenvalue weighted by Crippen LogP contribution is 2.34. The maximum Gasteiger partial charge on any atom is 0.432 e. The molecular weight excluding hydrogens is 331 g/mol. The molecule has 0 saturated heterocycles. The molecule has 0 amide bonds. The average Bonchev–Trinajstić information content (AvgIpc) is 2.97. The maximum atomic E-state index is 12.6. The molecule has 24 heavy (non-hydrogen) atoms. The lowest BCUT2D eigenvalue weighted by Crippen LogP contribution is -2.16. The van der Waals surface area contributed by atoms with Crippen LogP contribution < -0.4 is 4.74 Å². The van der Waals surface area contributed by atoms with Crippen molar-refractivity contribution in [2.24, 2.45) is 0 Å². The van der Waals surface area contributed by atoms with Crippen LogP contribution in [0.3, 0.4) is 0 Å². The number of rotatable bonds is 6. The van der Waals surface area contributed by atoms with E-state index in [0.29, 0.717) is 12.8 Å². The fraction of sp³-hybridized carbons (Fsp3) is 0.357. The smallest absolute Gasteiger partial charge is 0.432 e. The third-order valence-electron chi connectivity index (χ3n) is 3.00. The summed E-state index contributed by atoms with van der Waals surface area (Å²) in [5, 5.41) is 11.2. The number of nitro benzene ring substituents is 1. The van der Waals surface area contributed by atoms with E-state index in [1.54, 1.807) is 13.8 Å². The number of aromatic nitrogens is 2. The Morgan fingerprint density at radius 1 is 1.42 bits per heavy atom. The summed E-state index contributed by atoms with van der Waals surface area (Å²) in [4.78, 5) is 16.2. The predicted octanol–water partition coefficient (Wildman–Crippen LogP) is 3.77. The summed E-state index contributed by atoms with van der Waals surface area (Å²) in [6.07, 6.45) is -4.66. The van der Waals surface area contributed by atoms with Crippen LogP contribution in [-0.2, 0) is 10.9 Å². The van der Waals surface area contributed by atoms with Gasteiger partial charge in [-0.05, 0) is 26.0 Å². The Morgan fingerprint density at radius 2 is 2.12 bits per heavy atom. The molecule has 0 radical (unpaired) electrons. The van der Waals surface area contributed by atoms with Gasteiger partial charge in [0.15, 0.2) is 12.0 Å². The number of halogens is 3. The minimum absolute atomic E-state index is 0.0488. The average molecular weight is 345 g/mol. The molecule has 0 spiro atoms. The summed E-state index contributed by atoms with van der Waals surface area (Å²) < 4.78 is 48.2. The third kappa shape index (κ3) is 4.02. The Labute approximate surface area is 134 Å². The maximum absolute atomic E-state index is 12.6. The molecule has 0 aliphatic rings. The Kier molecular flexibility index (Phi) is 5.07. The van der Waals surface area contributed by atoms with Crippen molar-refractivity contribution >= 4 is 5.69 Å². The Hall–Kier alpha value is -2.62. The van der Waals surface area contributed by atoms with E-state index in [1.807, 2.05) is 0 Å². The first kappa shape index (κ1) is 17.7. The Morgan fingerprint density at radius 3 is 2.67 bits per heavy atom. The fourth-order valence-electron chi connectivity index (χ4n) is 1.97. The lowest BCUT2D eigenvalue weighted by atomic mass is 10.2. The number of nitro groups is 1. The molecule has 10 heteroatoms. The van der Waals surface area contributed by atoms with Gasteiger partial charge in [-0.15, -0.1) is 0 Å². The molecule has 1 atom stereocenters. The van der Waals surface area contributed by atoms with Crippen molar-refractivity contribution in [1.82, 2.24) is 9.97 Å². The van der Waals surface area contributed by atoms with E-state index in [-0.39, 0.29) is 17.1 Å². The number of ether oxygens (including phenoxy) is 2. The van der Waals surface area contributed by atoms with Crippen LogP contribution in [0.4, 0.5) is 18.9 Å². The molecule has 0 fully saturated rings. The minimum atomic E-state index is -4.58. The second-order valence-electron chi connectivity index (χ2n) is 4.72. The lowest BCUT2D eigenvalue weighted by molar-refractivity contribution is -0.386. The van der Waals surface area contributed by atoms with Gasteiger partial charge < -0.3 is 14.5 Å². The number of imidazole rings is 1. The van der Waals surface area contributed by atoms with E-state index in [1.165, 1.54) is 12.1 Å². The van der Waals surface area contributed by atoms with E-state index < -0.39 is 28.8 Å². The number of benzene rings is 1. The van der Waals surface area contributed by atoms with E-state index in [2.05, 4.69) is 9.97 Å². The van der Waals surface area contributed by atoms with Gasteiger partial charge in [0.25, 0.3) is 0 Å². The topological polar surface area (TPSA) is 90.3 Å². The molecule has 1 unspecified atom stereocenters. The number of alkyl halides is 3. The molecule has 1 aromatic heterocycles. The molecule has 0 saturated carbocycles. The SMILES string of the molecule is CCOC(C)Oc1ccc(-c2ncc(C(F)(F)F)[nH]2)cc1[N+](=O)[O-]. The molecule has 2 aromatic rings. The van der Waals surface area contributed by atoms with Crippen LogP contribution in [-0.4, -0.2) is 27.8 Å². The zero-order valence-corrected chi connectivity index (χ0v) is 12.8. The van der Waals surface area contributed by atoms with Crippen LogP contribution in [0.5, 0.6) is 5.75 Å². The molecule has 0 bridgehead atoms. The summed E-state index contributed by atoms with van der Waals surface area (Å²) in [5.41, 5.74) is -1.30. The van der Waals surface area contributed by atoms with E-state index in [4.69, 9.17) is 9.47 Å². The van der Waals surface area contributed by atoms with Crippen molar-refractivity contribution in [1.29, 1.82) is 0 Å². The number of hydrogen-bond donors (Lipinski definition) is 1. The summed E-state index contributed by atoms with van der Waals surface area (Å²) in [5.74, 6) is -0.179. The van der Waals surface area contributed by atoms with Crippen molar-refractivity contribution in [3.63, 3.8) is 0 Å². The number of nitrogens with one attached hydrogen (secondary N) is 1. The second kappa shape index (κ2) is 6.87. The summed E-state index contributed by atoms with van der Waals surface area (Å²) >= 11 is 0. The van der Waals surface area contributed by atoms with Crippen molar-refractivity contribution in [3.05, 3.63) is 40.2 Å². The van der Waals surface area contributed by atoms with Crippen LogP contribution in [0.15, 0.2) is 24.4 Å². The van der Waals surface area contributed by atoms with Gasteiger partial charge >= 0.3 is 11.9 Å². The zero-order chi connectivity index (χ0) is 17.9. The van der Waals surface area contributed by atoms with Gasteiger partial charge in [-0.3, -0.25) is 10.1 Å². The molecule has 1 heterocycles. The summed E-state index contributed by atoms with van der Waals surface area (Å²) in [7, 11) is 0. The molecule has 7 nitrogen and oxygen atoms in total. The number of aromatic amines is 1. The predicted molar refractivity (Wildman–Crippen MR) is 77.4 cm³/mol. The van der Waals surface area contributed by atoms with E-state index >= 15 is 0 Å². The van der Waals surface area contributed by atoms with Crippen molar-refractivity contribution in [2.45, 2.75) is 26.3 Å². The molecule has 0 aliphatic heterocycles. The first-order chi connectivity index (χ1) is 11.2. The Bertz CT molecular complexity index is 730.